The lowest BCUT2D eigenvalue weighted by atomic mass is 10.0. The van der Waals surface area contributed by atoms with Crippen LogP contribution >= 0.6 is 0 Å². The standard InChI is InChI=1S/C15H29N3O2/c1-2-3-4-5-6-7-10-18-11-15(16-17-18)9-8-14(12-19)13-20/h11,14,19-20H,2-10,12-13H2,1H3. The molecule has 0 fully saturated rings. The first kappa shape index (κ1) is 17.1. The number of aryl methyl sites for hydroxylation is 2. The smallest absolute Gasteiger partial charge is 0.0827 e. The first-order valence-electron chi connectivity index (χ1n) is 7.90. The van der Waals surface area contributed by atoms with Gasteiger partial charge in [0.25, 0.3) is 0 Å². The minimum absolute atomic E-state index is 0.0302. The highest BCUT2D eigenvalue weighted by Gasteiger charge is 2.08. The van der Waals surface area contributed by atoms with Crippen LogP contribution in [-0.4, -0.2) is 38.4 Å². The fourth-order valence-corrected chi connectivity index (χ4v) is 2.21. The molecule has 0 saturated carbocycles. The Bertz CT molecular complexity index is 338. The van der Waals surface area contributed by atoms with Gasteiger partial charge in [-0.3, -0.25) is 4.68 Å². The molecule has 5 heteroatoms. The van der Waals surface area contributed by atoms with E-state index in [1.165, 1.54) is 32.1 Å². The average molecular weight is 283 g/mol. The molecule has 0 aromatic carbocycles. The van der Waals surface area contributed by atoms with Crippen molar-refractivity contribution in [1.29, 1.82) is 0 Å². The molecule has 1 aromatic rings. The van der Waals surface area contributed by atoms with E-state index >= 15 is 0 Å². The molecule has 0 atom stereocenters. The predicted molar refractivity (Wildman–Crippen MR) is 79.4 cm³/mol. The Morgan fingerprint density at radius 2 is 1.80 bits per heavy atom. The number of aromatic nitrogens is 3. The van der Waals surface area contributed by atoms with E-state index in [0.717, 1.165) is 31.5 Å². The molecule has 0 radical (unpaired) electrons. The third-order valence-corrected chi connectivity index (χ3v) is 3.65. The second kappa shape index (κ2) is 10.8. The summed E-state index contributed by atoms with van der Waals surface area (Å²) in [6.07, 6.45) is 11.2. The number of hydrogen-bond donors (Lipinski definition) is 2. The lowest BCUT2D eigenvalue weighted by Gasteiger charge is -2.08. The Morgan fingerprint density at radius 1 is 1.10 bits per heavy atom. The average Bonchev–Trinajstić information content (AvgIpc) is 2.92. The summed E-state index contributed by atoms with van der Waals surface area (Å²) in [5, 5.41) is 26.3. The molecule has 5 nitrogen and oxygen atoms in total. The molecule has 0 amide bonds. The SMILES string of the molecule is CCCCCCCCn1cc(CCC(CO)CO)nn1. The van der Waals surface area contributed by atoms with E-state index in [1.807, 2.05) is 10.9 Å². The zero-order valence-electron chi connectivity index (χ0n) is 12.7. The van der Waals surface area contributed by atoms with Crippen molar-refractivity contribution in [2.75, 3.05) is 13.2 Å². The molecule has 1 rings (SSSR count). The Morgan fingerprint density at radius 3 is 2.50 bits per heavy atom. The van der Waals surface area contributed by atoms with Crippen LogP contribution in [0.4, 0.5) is 0 Å². The lowest BCUT2D eigenvalue weighted by Crippen LogP contribution is -2.11. The number of rotatable bonds is 12. The van der Waals surface area contributed by atoms with Gasteiger partial charge in [-0.05, 0) is 19.3 Å². The molecule has 0 aliphatic carbocycles. The molecule has 1 heterocycles. The van der Waals surface area contributed by atoms with Crippen molar-refractivity contribution in [3.8, 4) is 0 Å². The first-order valence-corrected chi connectivity index (χ1v) is 7.90. The van der Waals surface area contributed by atoms with Crippen molar-refractivity contribution < 1.29 is 10.2 Å². The van der Waals surface area contributed by atoms with Crippen LogP contribution in [0.1, 0.15) is 57.6 Å². The molecule has 0 aliphatic heterocycles. The molecule has 20 heavy (non-hydrogen) atoms. The maximum atomic E-state index is 9.01. The van der Waals surface area contributed by atoms with E-state index < -0.39 is 0 Å². The molecule has 0 saturated heterocycles. The zero-order chi connectivity index (χ0) is 14.6. The summed E-state index contributed by atoms with van der Waals surface area (Å²) in [6.45, 7) is 3.22. The topological polar surface area (TPSA) is 71.2 Å². The van der Waals surface area contributed by atoms with Gasteiger partial charge in [0.15, 0.2) is 0 Å². The number of unbranched alkanes of at least 4 members (excludes halogenated alkanes) is 5. The van der Waals surface area contributed by atoms with Gasteiger partial charge < -0.3 is 10.2 Å². The van der Waals surface area contributed by atoms with Gasteiger partial charge in [-0.1, -0.05) is 44.2 Å². The van der Waals surface area contributed by atoms with E-state index in [1.54, 1.807) is 0 Å². The molecular formula is C15H29N3O2. The van der Waals surface area contributed by atoms with Crippen LogP contribution in [0, 0.1) is 5.92 Å². The number of aliphatic hydroxyl groups excluding tert-OH is 2. The fourth-order valence-electron chi connectivity index (χ4n) is 2.21. The maximum absolute atomic E-state index is 9.01. The third kappa shape index (κ3) is 7.01. The highest BCUT2D eigenvalue weighted by molar-refractivity contribution is 4.92. The number of hydrogen-bond acceptors (Lipinski definition) is 4. The van der Waals surface area contributed by atoms with Crippen LogP contribution in [0.3, 0.4) is 0 Å². The van der Waals surface area contributed by atoms with Gasteiger partial charge in [0.05, 0.1) is 5.69 Å². The van der Waals surface area contributed by atoms with Gasteiger partial charge in [-0.2, -0.15) is 0 Å². The van der Waals surface area contributed by atoms with Crippen molar-refractivity contribution in [2.24, 2.45) is 5.92 Å². The van der Waals surface area contributed by atoms with Crippen LogP contribution in [0.5, 0.6) is 0 Å². The predicted octanol–water partition coefficient (Wildman–Crippen LogP) is 2.17. The van der Waals surface area contributed by atoms with Crippen LogP contribution in [0.15, 0.2) is 6.20 Å². The summed E-state index contributed by atoms with van der Waals surface area (Å²) >= 11 is 0. The van der Waals surface area contributed by atoms with E-state index in [9.17, 15) is 0 Å². The quantitative estimate of drug-likeness (QED) is 0.577. The normalized spacial score (nSPS) is 11.4. The van der Waals surface area contributed by atoms with Gasteiger partial charge >= 0.3 is 0 Å². The van der Waals surface area contributed by atoms with E-state index in [2.05, 4.69) is 17.2 Å². The maximum Gasteiger partial charge on any atom is 0.0827 e. The Labute approximate surface area is 122 Å². The molecule has 116 valence electrons. The van der Waals surface area contributed by atoms with Crippen LogP contribution in [0.2, 0.25) is 0 Å². The summed E-state index contributed by atoms with van der Waals surface area (Å²) < 4.78 is 1.90. The van der Waals surface area contributed by atoms with E-state index in [0.29, 0.717) is 0 Å². The van der Waals surface area contributed by atoms with Gasteiger partial charge in [0.2, 0.25) is 0 Å². The minimum atomic E-state index is -0.0429. The summed E-state index contributed by atoms with van der Waals surface area (Å²) in [5.41, 5.74) is 0.947. The van der Waals surface area contributed by atoms with Crippen molar-refractivity contribution in [2.45, 2.75) is 64.8 Å². The third-order valence-electron chi connectivity index (χ3n) is 3.65. The van der Waals surface area contributed by atoms with Crippen LogP contribution in [-0.2, 0) is 13.0 Å². The summed E-state index contributed by atoms with van der Waals surface area (Å²) in [7, 11) is 0. The Hall–Kier alpha value is -0.940. The Balaban J connectivity index is 2.15. The zero-order valence-corrected chi connectivity index (χ0v) is 12.7. The highest BCUT2D eigenvalue weighted by Crippen LogP contribution is 2.08. The fraction of sp³-hybridized carbons (Fsp3) is 0.867. The van der Waals surface area contributed by atoms with Crippen molar-refractivity contribution in [1.82, 2.24) is 15.0 Å². The second-order valence-corrected chi connectivity index (χ2v) is 5.51. The minimum Gasteiger partial charge on any atom is -0.396 e. The number of nitrogens with zero attached hydrogens (tertiary/aromatic N) is 3. The largest absolute Gasteiger partial charge is 0.396 e. The summed E-state index contributed by atoms with van der Waals surface area (Å²) in [6, 6.07) is 0. The molecule has 2 N–H and O–H groups in total. The van der Waals surface area contributed by atoms with Crippen molar-refractivity contribution in [3.05, 3.63) is 11.9 Å². The van der Waals surface area contributed by atoms with Crippen LogP contribution < -0.4 is 0 Å². The second-order valence-electron chi connectivity index (χ2n) is 5.51. The summed E-state index contributed by atoms with van der Waals surface area (Å²) in [4.78, 5) is 0. The van der Waals surface area contributed by atoms with Gasteiger partial charge in [0, 0.05) is 31.9 Å². The van der Waals surface area contributed by atoms with Crippen molar-refractivity contribution in [3.63, 3.8) is 0 Å². The number of aliphatic hydroxyl groups is 2. The highest BCUT2D eigenvalue weighted by atomic mass is 16.3. The summed E-state index contributed by atoms with van der Waals surface area (Å²) in [5.74, 6) is -0.0429. The Kier molecular flexibility index (Phi) is 9.24. The molecule has 1 aromatic heterocycles. The molecule has 0 aliphatic rings. The monoisotopic (exact) mass is 283 g/mol. The van der Waals surface area contributed by atoms with E-state index in [4.69, 9.17) is 10.2 Å². The molecule has 0 spiro atoms. The van der Waals surface area contributed by atoms with Gasteiger partial charge in [-0.15, -0.1) is 5.10 Å². The van der Waals surface area contributed by atoms with Crippen LogP contribution in [0.25, 0.3) is 0 Å². The molecule has 0 bridgehead atoms. The van der Waals surface area contributed by atoms with Gasteiger partial charge in [-0.25, -0.2) is 0 Å². The molecule has 0 unspecified atom stereocenters. The van der Waals surface area contributed by atoms with E-state index in [-0.39, 0.29) is 19.1 Å². The molecular weight excluding hydrogens is 254 g/mol. The van der Waals surface area contributed by atoms with Crippen molar-refractivity contribution >= 4 is 0 Å². The van der Waals surface area contributed by atoms with Gasteiger partial charge in [0.1, 0.15) is 0 Å². The lowest BCUT2D eigenvalue weighted by molar-refractivity contribution is 0.144. The first-order chi connectivity index (χ1) is 9.80.